The normalized spacial score (nSPS) is 27.6. The van der Waals surface area contributed by atoms with Crippen molar-refractivity contribution >= 4 is 24.2 Å². The van der Waals surface area contributed by atoms with Gasteiger partial charge >= 0.3 is 0 Å². The number of rotatable bonds is 4. The van der Waals surface area contributed by atoms with Crippen molar-refractivity contribution in [2.75, 3.05) is 26.2 Å². The topological polar surface area (TPSA) is 66.6 Å². The molecule has 2 unspecified atom stereocenters. The minimum atomic E-state index is -0.268. The number of amides is 2. The lowest BCUT2D eigenvalue weighted by Gasteiger charge is -2.30. The molecule has 0 aromatic carbocycles. The van der Waals surface area contributed by atoms with Crippen molar-refractivity contribution in [2.45, 2.75) is 45.6 Å². The van der Waals surface area contributed by atoms with Crippen molar-refractivity contribution in [1.29, 1.82) is 0 Å². The van der Waals surface area contributed by atoms with Crippen LogP contribution in [0.4, 0.5) is 0 Å². The van der Waals surface area contributed by atoms with Crippen LogP contribution in [0.1, 0.15) is 39.5 Å². The Labute approximate surface area is 127 Å². The molecule has 2 rings (SSSR count). The number of carbonyl (C=O) groups excluding carboxylic acids is 2. The molecule has 0 bridgehead atoms. The number of nitrogens with two attached hydrogens (primary N) is 1. The Bertz CT molecular complexity index is 377. The average Bonchev–Trinajstić information content (AvgIpc) is 2.98. The fourth-order valence-corrected chi connectivity index (χ4v) is 3.12. The molecule has 20 heavy (non-hydrogen) atoms. The predicted molar refractivity (Wildman–Crippen MR) is 80.6 cm³/mol. The zero-order chi connectivity index (χ0) is 14.0. The molecule has 0 aromatic rings. The Morgan fingerprint density at radius 3 is 2.60 bits per heavy atom. The number of nitrogens with zero attached hydrogens (tertiary/aromatic N) is 2. The molecule has 2 aliphatic heterocycles. The van der Waals surface area contributed by atoms with Crippen LogP contribution in [0.5, 0.6) is 0 Å². The molecule has 2 fully saturated rings. The molecule has 0 aliphatic carbocycles. The summed E-state index contributed by atoms with van der Waals surface area (Å²) in [7, 11) is 0. The molecule has 2 N–H and O–H groups in total. The first kappa shape index (κ1) is 17.2. The summed E-state index contributed by atoms with van der Waals surface area (Å²) in [5, 5.41) is 0. The molecule has 2 saturated heterocycles. The van der Waals surface area contributed by atoms with Crippen molar-refractivity contribution in [3.63, 3.8) is 0 Å². The fraction of sp³-hybridized carbons (Fsp3) is 0.857. The van der Waals surface area contributed by atoms with Crippen LogP contribution in [0.15, 0.2) is 0 Å². The molecule has 2 atom stereocenters. The van der Waals surface area contributed by atoms with Crippen LogP contribution in [0, 0.1) is 5.41 Å². The third-order valence-electron chi connectivity index (χ3n) is 4.52. The van der Waals surface area contributed by atoms with Crippen LogP contribution >= 0.6 is 12.4 Å². The summed E-state index contributed by atoms with van der Waals surface area (Å²) in [5.41, 5.74) is 5.83. The lowest BCUT2D eigenvalue weighted by atomic mass is 9.90. The standard InChI is InChI=1S/C14H25N3O2.ClH/c1-3-11(17-7-4-5-12(17)18)13(19)16-8-6-14(2,9-15)10-16;/h11H,3-10,15H2,1-2H3;1H. The minimum Gasteiger partial charge on any atom is -0.340 e. The minimum absolute atomic E-state index is 0. The van der Waals surface area contributed by atoms with Gasteiger partial charge in [0.15, 0.2) is 0 Å². The number of likely N-dealkylation sites (tertiary alicyclic amines) is 2. The first-order chi connectivity index (χ1) is 9.00. The first-order valence-electron chi connectivity index (χ1n) is 7.29. The molecule has 2 aliphatic rings. The Kier molecular flexibility index (Phi) is 5.83. The van der Waals surface area contributed by atoms with E-state index < -0.39 is 0 Å². The molecular formula is C14H26ClN3O2. The highest BCUT2D eigenvalue weighted by Gasteiger charge is 2.39. The summed E-state index contributed by atoms with van der Waals surface area (Å²) < 4.78 is 0. The van der Waals surface area contributed by atoms with Crippen molar-refractivity contribution in [3.05, 3.63) is 0 Å². The van der Waals surface area contributed by atoms with E-state index in [0.29, 0.717) is 19.4 Å². The smallest absolute Gasteiger partial charge is 0.245 e. The zero-order valence-corrected chi connectivity index (χ0v) is 13.2. The highest BCUT2D eigenvalue weighted by molar-refractivity contribution is 5.88. The maximum Gasteiger partial charge on any atom is 0.245 e. The molecule has 2 amide bonds. The summed E-state index contributed by atoms with van der Waals surface area (Å²) in [5.74, 6) is 0.232. The van der Waals surface area contributed by atoms with Gasteiger partial charge in [0.25, 0.3) is 0 Å². The quantitative estimate of drug-likeness (QED) is 0.843. The van der Waals surface area contributed by atoms with Gasteiger partial charge in [-0.1, -0.05) is 13.8 Å². The van der Waals surface area contributed by atoms with Crippen LogP contribution < -0.4 is 5.73 Å². The van der Waals surface area contributed by atoms with E-state index in [4.69, 9.17) is 5.73 Å². The van der Waals surface area contributed by atoms with E-state index in [0.717, 1.165) is 32.5 Å². The highest BCUT2D eigenvalue weighted by atomic mass is 35.5. The van der Waals surface area contributed by atoms with Gasteiger partial charge in [-0.2, -0.15) is 0 Å². The lowest BCUT2D eigenvalue weighted by molar-refractivity contribution is -0.143. The van der Waals surface area contributed by atoms with E-state index in [1.807, 2.05) is 11.8 Å². The lowest BCUT2D eigenvalue weighted by Crippen LogP contribution is -2.49. The van der Waals surface area contributed by atoms with E-state index in [1.165, 1.54) is 0 Å². The van der Waals surface area contributed by atoms with Crippen LogP contribution in [0.2, 0.25) is 0 Å². The van der Waals surface area contributed by atoms with Crippen LogP contribution in [-0.2, 0) is 9.59 Å². The summed E-state index contributed by atoms with van der Waals surface area (Å²) in [4.78, 5) is 28.1. The third kappa shape index (κ3) is 3.26. The Hall–Kier alpha value is -0.810. The number of hydrogen-bond donors (Lipinski definition) is 1. The number of carbonyl (C=O) groups is 2. The second kappa shape index (κ2) is 6.76. The molecule has 116 valence electrons. The van der Waals surface area contributed by atoms with Crippen molar-refractivity contribution < 1.29 is 9.59 Å². The molecule has 5 nitrogen and oxygen atoms in total. The van der Waals surface area contributed by atoms with Gasteiger partial charge in [-0.25, -0.2) is 0 Å². The second-order valence-corrected chi connectivity index (χ2v) is 6.14. The van der Waals surface area contributed by atoms with E-state index in [-0.39, 0.29) is 35.7 Å². The van der Waals surface area contributed by atoms with Gasteiger partial charge in [0.05, 0.1) is 0 Å². The summed E-state index contributed by atoms with van der Waals surface area (Å²) >= 11 is 0. The molecule has 2 heterocycles. The SMILES string of the molecule is CCC(C(=O)N1CCC(C)(CN)C1)N1CCCC1=O.Cl. The summed E-state index contributed by atoms with van der Waals surface area (Å²) in [6.45, 7) is 6.93. The molecule has 0 radical (unpaired) electrons. The largest absolute Gasteiger partial charge is 0.340 e. The van der Waals surface area contributed by atoms with Crippen LogP contribution in [0.3, 0.4) is 0 Å². The van der Waals surface area contributed by atoms with E-state index in [1.54, 1.807) is 4.90 Å². The van der Waals surface area contributed by atoms with Crippen LogP contribution in [0.25, 0.3) is 0 Å². The summed E-state index contributed by atoms with van der Waals surface area (Å²) in [6, 6.07) is -0.268. The Balaban J connectivity index is 0.00000200. The Morgan fingerprint density at radius 1 is 1.45 bits per heavy atom. The maximum absolute atomic E-state index is 12.6. The highest BCUT2D eigenvalue weighted by Crippen LogP contribution is 2.30. The molecule has 0 saturated carbocycles. The first-order valence-corrected chi connectivity index (χ1v) is 7.29. The number of hydrogen-bond acceptors (Lipinski definition) is 3. The van der Waals surface area contributed by atoms with E-state index >= 15 is 0 Å². The van der Waals surface area contributed by atoms with Gasteiger partial charge in [0, 0.05) is 26.1 Å². The Morgan fingerprint density at radius 2 is 2.15 bits per heavy atom. The summed E-state index contributed by atoms with van der Waals surface area (Å²) in [6.07, 6.45) is 3.12. The van der Waals surface area contributed by atoms with E-state index in [9.17, 15) is 9.59 Å². The zero-order valence-electron chi connectivity index (χ0n) is 12.4. The van der Waals surface area contributed by atoms with Gasteiger partial charge in [-0.3, -0.25) is 9.59 Å². The monoisotopic (exact) mass is 303 g/mol. The van der Waals surface area contributed by atoms with Gasteiger partial charge in [0.2, 0.25) is 11.8 Å². The molecule has 0 aromatic heterocycles. The van der Waals surface area contributed by atoms with Gasteiger partial charge < -0.3 is 15.5 Å². The van der Waals surface area contributed by atoms with Crippen molar-refractivity contribution in [1.82, 2.24) is 9.80 Å². The fourth-order valence-electron chi connectivity index (χ4n) is 3.12. The maximum atomic E-state index is 12.6. The van der Waals surface area contributed by atoms with Crippen molar-refractivity contribution in [3.8, 4) is 0 Å². The third-order valence-corrected chi connectivity index (χ3v) is 4.52. The predicted octanol–water partition coefficient (Wildman–Crippen LogP) is 1.01. The average molecular weight is 304 g/mol. The van der Waals surface area contributed by atoms with Gasteiger partial charge in [-0.05, 0) is 31.2 Å². The van der Waals surface area contributed by atoms with Crippen molar-refractivity contribution in [2.24, 2.45) is 11.1 Å². The van der Waals surface area contributed by atoms with Gasteiger partial charge in [0.1, 0.15) is 6.04 Å². The second-order valence-electron chi connectivity index (χ2n) is 6.14. The molecule has 0 spiro atoms. The molecular weight excluding hydrogens is 278 g/mol. The van der Waals surface area contributed by atoms with Gasteiger partial charge in [-0.15, -0.1) is 12.4 Å². The number of halogens is 1. The van der Waals surface area contributed by atoms with Crippen LogP contribution in [-0.4, -0.2) is 53.8 Å². The molecule has 6 heteroatoms. The van der Waals surface area contributed by atoms with E-state index in [2.05, 4.69) is 6.92 Å².